The van der Waals surface area contributed by atoms with E-state index in [-0.39, 0.29) is 17.0 Å². The van der Waals surface area contributed by atoms with E-state index in [9.17, 15) is 13.2 Å². The molecule has 0 fully saturated rings. The molecule has 0 saturated carbocycles. The van der Waals surface area contributed by atoms with E-state index < -0.39 is 22.0 Å². The van der Waals surface area contributed by atoms with Gasteiger partial charge in [-0.05, 0) is 24.6 Å². The number of hydrogen-bond donors (Lipinski definition) is 0. The standard InChI is InChI=1S/C21H23NO4S/c1-5-15-22(27(24,25)19-13-11-16(2)12-14-19)20(17(3)21(23)26-4)18-9-7-6-8-10-18/h5-14,20H,1,3,15H2,2,4H3/t20-/m0/s1. The molecule has 0 aliphatic heterocycles. The third-order valence-corrected chi connectivity index (χ3v) is 5.96. The first-order valence-electron chi connectivity index (χ1n) is 8.34. The van der Waals surface area contributed by atoms with Gasteiger partial charge in [-0.15, -0.1) is 6.58 Å². The maximum absolute atomic E-state index is 13.3. The molecule has 0 saturated heterocycles. The summed E-state index contributed by atoms with van der Waals surface area (Å²) in [5.41, 5.74) is 1.59. The Morgan fingerprint density at radius 3 is 2.26 bits per heavy atom. The zero-order valence-electron chi connectivity index (χ0n) is 15.5. The van der Waals surface area contributed by atoms with Crippen molar-refractivity contribution in [3.05, 3.63) is 90.5 Å². The Bertz CT molecular complexity index is 918. The van der Waals surface area contributed by atoms with Crippen LogP contribution in [0.4, 0.5) is 0 Å². The zero-order chi connectivity index (χ0) is 20.0. The SMILES string of the molecule is C=CCN([C@@H](C(=C)C(=O)OC)c1ccccc1)S(=O)(=O)c1ccc(C)cc1. The molecule has 0 aromatic heterocycles. The van der Waals surface area contributed by atoms with E-state index in [1.165, 1.54) is 17.5 Å². The molecule has 0 bridgehead atoms. The summed E-state index contributed by atoms with van der Waals surface area (Å²) in [5, 5.41) is 0. The lowest BCUT2D eigenvalue weighted by atomic mass is 10.00. The first-order chi connectivity index (χ1) is 12.8. The molecule has 0 radical (unpaired) electrons. The van der Waals surface area contributed by atoms with Crippen molar-refractivity contribution in [2.24, 2.45) is 0 Å². The topological polar surface area (TPSA) is 63.7 Å². The Morgan fingerprint density at radius 1 is 1.15 bits per heavy atom. The van der Waals surface area contributed by atoms with Crippen LogP contribution in [0, 0.1) is 6.92 Å². The van der Waals surface area contributed by atoms with E-state index >= 15 is 0 Å². The van der Waals surface area contributed by atoms with Crippen molar-refractivity contribution in [2.75, 3.05) is 13.7 Å². The largest absolute Gasteiger partial charge is 0.466 e. The fraction of sp³-hybridized carbons (Fsp3) is 0.190. The molecule has 2 rings (SSSR count). The minimum absolute atomic E-state index is 0.00574. The second-order valence-corrected chi connectivity index (χ2v) is 7.90. The summed E-state index contributed by atoms with van der Waals surface area (Å²) in [5.74, 6) is -0.669. The molecule has 6 heteroatoms. The van der Waals surface area contributed by atoms with Gasteiger partial charge < -0.3 is 4.74 Å². The zero-order valence-corrected chi connectivity index (χ0v) is 16.3. The fourth-order valence-corrected chi connectivity index (χ4v) is 4.31. The van der Waals surface area contributed by atoms with Gasteiger partial charge in [0.15, 0.2) is 0 Å². The molecule has 0 heterocycles. The van der Waals surface area contributed by atoms with Crippen LogP contribution in [0.25, 0.3) is 0 Å². The Hall–Kier alpha value is -2.70. The van der Waals surface area contributed by atoms with Crippen molar-refractivity contribution >= 4 is 16.0 Å². The highest BCUT2D eigenvalue weighted by Gasteiger charge is 2.35. The van der Waals surface area contributed by atoms with Crippen LogP contribution in [0.5, 0.6) is 0 Å². The third-order valence-electron chi connectivity index (χ3n) is 4.12. The van der Waals surface area contributed by atoms with Crippen LogP contribution in [-0.4, -0.2) is 32.3 Å². The van der Waals surface area contributed by atoms with Gasteiger partial charge >= 0.3 is 5.97 Å². The number of hydrogen-bond acceptors (Lipinski definition) is 4. The average molecular weight is 385 g/mol. The van der Waals surface area contributed by atoms with Crippen molar-refractivity contribution in [1.82, 2.24) is 4.31 Å². The quantitative estimate of drug-likeness (QED) is 0.395. The summed E-state index contributed by atoms with van der Waals surface area (Å²) >= 11 is 0. The highest BCUT2D eigenvalue weighted by molar-refractivity contribution is 7.89. The molecule has 142 valence electrons. The Kier molecular flexibility index (Phi) is 6.71. The highest BCUT2D eigenvalue weighted by Crippen LogP contribution is 2.33. The molecule has 0 amide bonds. The monoisotopic (exact) mass is 385 g/mol. The van der Waals surface area contributed by atoms with Gasteiger partial charge in [-0.25, -0.2) is 13.2 Å². The first-order valence-corrected chi connectivity index (χ1v) is 9.78. The molecule has 1 atom stereocenters. The van der Waals surface area contributed by atoms with E-state index in [1.807, 2.05) is 13.0 Å². The van der Waals surface area contributed by atoms with Crippen molar-refractivity contribution in [3.63, 3.8) is 0 Å². The molecular weight excluding hydrogens is 362 g/mol. The Morgan fingerprint density at radius 2 is 1.74 bits per heavy atom. The highest BCUT2D eigenvalue weighted by atomic mass is 32.2. The predicted octanol–water partition coefficient (Wildman–Crippen LogP) is 3.64. The molecule has 0 unspecified atom stereocenters. The molecule has 0 aliphatic carbocycles. The summed E-state index contributed by atoms with van der Waals surface area (Å²) < 4.78 is 32.7. The van der Waals surface area contributed by atoms with Crippen LogP contribution in [0.2, 0.25) is 0 Å². The number of rotatable bonds is 8. The molecule has 2 aromatic carbocycles. The number of methoxy groups -OCH3 is 1. The van der Waals surface area contributed by atoms with Crippen LogP contribution >= 0.6 is 0 Å². The van der Waals surface area contributed by atoms with Gasteiger partial charge in [0.1, 0.15) is 0 Å². The number of nitrogens with zero attached hydrogens (tertiary/aromatic N) is 1. The maximum Gasteiger partial charge on any atom is 0.335 e. The van der Waals surface area contributed by atoms with Crippen LogP contribution in [0.15, 0.2) is 84.3 Å². The number of sulfonamides is 1. The van der Waals surface area contributed by atoms with Crippen LogP contribution in [-0.2, 0) is 19.6 Å². The third kappa shape index (κ3) is 4.53. The first kappa shape index (κ1) is 20.6. The summed E-state index contributed by atoms with van der Waals surface area (Å²) in [6, 6.07) is 14.5. The number of esters is 1. The number of carbonyl (C=O) groups excluding carboxylic acids is 1. The van der Waals surface area contributed by atoms with Gasteiger partial charge in [-0.3, -0.25) is 0 Å². The van der Waals surface area contributed by atoms with Crippen molar-refractivity contribution in [2.45, 2.75) is 17.9 Å². The molecule has 5 nitrogen and oxygen atoms in total. The van der Waals surface area contributed by atoms with Crippen LogP contribution in [0.3, 0.4) is 0 Å². The molecule has 0 spiro atoms. The van der Waals surface area contributed by atoms with E-state index in [0.717, 1.165) is 5.56 Å². The number of aryl methyl sites for hydroxylation is 1. The summed E-state index contributed by atoms with van der Waals surface area (Å²) in [7, 11) is -2.68. The minimum atomic E-state index is -3.92. The second-order valence-electron chi connectivity index (χ2n) is 6.01. The van der Waals surface area contributed by atoms with Gasteiger partial charge in [0.05, 0.1) is 23.6 Å². The Labute approximate surface area is 160 Å². The second kappa shape index (κ2) is 8.79. The smallest absolute Gasteiger partial charge is 0.335 e. The molecular formula is C21H23NO4S. The summed E-state index contributed by atoms with van der Waals surface area (Å²) in [4.78, 5) is 12.3. The van der Waals surface area contributed by atoms with Gasteiger partial charge in [-0.1, -0.05) is 60.7 Å². The number of ether oxygens (including phenoxy) is 1. The average Bonchev–Trinajstić information content (AvgIpc) is 2.68. The fourth-order valence-electron chi connectivity index (χ4n) is 2.73. The van der Waals surface area contributed by atoms with E-state index in [4.69, 9.17) is 4.74 Å². The van der Waals surface area contributed by atoms with Gasteiger partial charge in [0.25, 0.3) is 0 Å². The van der Waals surface area contributed by atoms with Crippen LogP contribution < -0.4 is 0 Å². The van der Waals surface area contributed by atoms with Crippen LogP contribution in [0.1, 0.15) is 17.2 Å². The molecule has 0 aliphatic rings. The lowest BCUT2D eigenvalue weighted by Gasteiger charge is -2.31. The van der Waals surface area contributed by atoms with E-state index in [0.29, 0.717) is 5.56 Å². The van der Waals surface area contributed by atoms with E-state index in [2.05, 4.69) is 13.2 Å². The summed E-state index contributed by atoms with van der Waals surface area (Å²) in [6.07, 6.45) is 1.48. The molecule has 27 heavy (non-hydrogen) atoms. The normalized spacial score (nSPS) is 12.4. The van der Waals surface area contributed by atoms with Crippen molar-refractivity contribution in [3.8, 4) is 0 Å². The Balaban J connectivity index is 2.63. The lowest BCUT2D eigenvalue weighted by molar-refractivity contribution is -0.136. The van der Waals surface area contributed by atoms with Gasteiger partial charge in [-0.2, -0.15) is 4.31 Å². The van der Waals surface area contributed by atoms with Crippen molar-refractivity contribution in [1.29, 1.82) is 0 Å². The number of carbonyl (C=O) groups is 1. The maximum atomic E-state index is 13.3. The van der Waals surface area contributed by atoms with Gasteiger partial charge in [0, 0.05) is 6.54 Å². The summed E-state index contributed by atoms with van der Waals surface area (Å²) in [6.45, 7) is 9.37. The molecule has 2 aromatic rings. The van der Waals surface area contributed by atoms with Crippen molar-refractivity contribution < 1.29 is 17.9 Å². The minimum Gasteiger partial charge on any atom is -0.466 e. The lowest BCUT2D eigenvalue weighted by Crippen LogP contribution is -2.37. The number of benzene rings is 2. The molecule has 0 N–H and O–H groups in total. The van der Waals surface area contributed by atoms with Gasteiger partial charge in [0.2, 0.25) is 10.0 Å². The predicted molar refractivity (Wildman–Crippen MR) is 106 cm³/mol. The van der Waals surface area contributed by atoms with E-state index in [1.54, 1.807) is 48.5 Å².